The number of carboxylic acids is 1. The zero-order valence-corrected chi connectivity index (χ0v) is 10.4. The summed E-state index contributed by atoms with van der Waals surface area (Å²) in [5, 5.41) is 14.4. The summed E-state index contributed by atoms with van der Waals surface area (Å²) < 4.78 is 0. The molecule has 1 aliphatic rings. The molecule has 0 aromatic heterocycles. The van der Waals surface area contributed by atoms with Crippen molar-refractivity contribution >= 4 is 35.2 Å². The summed E-state index contributed by atoms with van der Waals surface area (Å²) in [5.74, 6) is -1.21. The molecule has 18 heavy (non-hydrogen) atoms. The molecular weight excluding hydrogens is 279 g/mol. The van der Waals surface area contributed by atoms with Crippen molar-refractivity contribution in [2.75, 3.05) is 0 Å². The van der Waals surface area contributed by atoms with Gasteiger partial charge in [0.15, 0.2) is 0 Å². The largest absolute Gasteiger partial charge is 0.477 e. The highest BCUT2D eigenvalue weighted by atomic mass is 35.5. The van der Waals surface area contributed by atoms with Crippen LogP contribution in [0.4, 0.5) is 4.79 Å². The van der Waals surface area contributed by atoms with E-state index < -0.39 is 18.0 Å². The van der Waals surface area contributed by atoms with Crippen LogP contribution in [0.3, 0.4) is 0 Å². The Labute approximate surface area is 112 Å². The third kappa shape index (κ3) is 2.57. The highest BCUT2D eigenvalue weighted by molar-refractivity contribution is 6.35. The minimum absolute atomic E-state index is 0.185. The van der Waals surface area contributed by atoms with Crippen LogP contribution >= 0.6 is 23.2 Å². The Kier molecular flexibility index (Phi) is 3.45. The van der Waals surface area contributed by atoms with E-state index in [1.807, 2.05) is 0 Å². The number of benzene rings is 1. The Bertz CT molecular complexity index is 557. The van der Waals surface area contributed by atoms with E-state index in [1.165, 1.54) is 12.1 Å². The van der Waals surface area contributed by atoms with E-state index >= 15 is 0 Å². The Morgan fingerprint density at radius 2 is 2.06 bits per heavy atom. The van der Waals surface area contributed by atoms with E-state index in [-0.39, 0.29) is 5.70 Å². The van der Waals surface area contributed by atoms with E-state index in [1.54, 1.807) is 12.1 Å². The van der Waals surface area contributed by atoms with Crippen LogP contribution in [-0.4, -0.2) is 17.1 Å². The van der Waals surface area contributed by atoms with Gasteiger partial charge in [-0.05, 0) is 23.8 Å². The van der Waals surface area contributed by atoms with Gasteiger partial charge in [0.2, 0.25) is 0 Å². The van der Waals surface area contributed by atoms with Crippen LogP contribution in [0.25, 0.3) is 0 Å². The van der Waals surface area contributed by atoms with Crippen molar-refractivity contribution in [2.24, 2.45) is 0 Å². The molecule has 0 radical (unpaired) electrons. The van der Waals surface area contributed by atoms with Gasteiger partial charge in [-0.3, -0.25) is 0 Å². The summed E-state index contributed by atoms with van der Waals surface area (Å²) in [6.07, 6.45) is 1.37. The van der Waals surface area contributed by atoms with Crippen molar-refractivity contribution in [2.45, 2.75) is 6.04 Å². The predicted molar refractivity (Wildman–Crippen MR) is 66.6 cm³/mol. The lowest BCUT2D eigenvalue weighted by molar-refractivity contribution is -0.133. The van der Waals surface area contributed by atoms with Gasteiger partial charge in [0.1, 0.15) is 5.70 Å². The van der Waals surface area contributed by atoms with Crippen LogP contribution in [0.2, 0.25) is 10.0 Å². The van der Waals surface area contributed by atoms with Crippen molar-refractivity contribution in [1.82, 2.24) is 10.6 Å². The fourth-order valence-corrected chi connectivity index (χ4v) is 2.12. The SMILES string of the molecule is O=C1NC(C(=O)O)=CC(c2ccc(Cl)cc2Cl)N1. The number of carbonyl (C=O) groups excluding carboxylic acids is 1. The fraction of sp³-hybridized carbons (Fsp3) is 0.0909. The van der Waals surface area contributed by atoms with Crippen molar-refractivity contribution < 1.29 is 14.7 Å². The average molecular weight is 287 g/mol. The molecule has 0 fully saturated rings. The molecule has 3 N–H and O–H groups in total. The van der Waals surface area contributed by atoms with Crippen molar-refractivity contribution in [1.29, 1.82) is 0 Å². The summed E-state index contributed by atoms with van der Waals surface area (Å²) in [4.78, 5) is 22.2. The molecule has 5 nitrogen and oxygen atoms in total. The van der Waals surface area contributed by atoms with Crippen LogP contribution in [0.1, 0.15) is 11.6 Å². The Hall–Kier alpha value is -1.72. The maximum absolute atomic E-state index is 11.3. The van der Waals surface area contributed by atoms with Gasteiger partial charge in [0.05, 0.1) is 6.04 Å². The lowest BCUT2D eigenvalue weighted by Gasteiger charge is -2.23. The number of halogens is 2. The van der Waals surface area contributed by atoms with Gasteiger partial charge in [0.25, 0.3) is 0 Å². The van der Waals surface area contributed by atoms with Gasteiger partial charge in [-0.2, -0.15) is 0 Å². The Balaban J connectivity index is 2.40. The molecule has 0 aliphatic carbocycles. The topological polar surface area (TPSA) is 78.4 Å². The van der Waals surface area contributed by atoms with Gasteiger partial charge in [0, 0.05) is 10.0 Å². The number of carboxylic acid groups (broad SMARTS) is 1. The first-order chi connectivity index (χ1) is 8.47. The normalized spacial score (nSPS) is 18.7. The first-order valence-corrected chi connectivity index (χ1v) is 5.70. The lowest BCUT2D eigenvalue weighted by Crippen LogP contribution is -2.43. The van der Waals surface area contributed by atoms with E-state index in [0.29, 0.717) is 15.6 Å². The fourth-order valence-electron chi connectivity index (χ4n) is 1.60. The Morgan fingerprint density at radius 3 is 2.67 bits per heavy atom. The van der Waals surface area contributed by atoms with Crippen LogP contribution in [0, 0.1) is 0 Å². The monoisotopic (exact) mass is 286 g/mol. The highest BCUT2D eigenvalue weighted by Crippen LogP contribution is 2.28. The van der Waals surface area contributed by atoms with Gasteiger partial charge >= 0.3 is 12.0 Å². The number of aliphatic carboxylic acids is 1. The van der Waals surface area contributed by atoms with Gasteiger partial charge in [-0.15, -0.1) is 0 Å². The molecule has 0 bridgehead atoms. The summed E-state index contributed by atoms with van der Waals surface area (Å²) in [5.41, 5.74) is 0.393. The lowest BCUT2D eigenvalue weighted by atomic mass is 10.0. The third-order valence-electron chi connectivity index (χ3n) is 2.40. The molecule has 1 unspecified atom stereocenters. The van der Waals surface area contributed by atoms with Crippen LogP contribution < -0.4 is 10.6 Å². The number of nitrogens with one attached hydrogen (secondary N) is 2. The molecule has 0 saturated heterocycles. The molecule has 1 heterocycles. The van der Waals surface area contributed by atoms with Crippen molar-refractivity contribution in [3.8, 4) is 0 Å². The molecular formula is C11H8Cl2N2O3. The number of amides is 2. The number of rotatable bonds is 2. The second-order valence-corrected chi connectivity index (χ2v) is 4.47. The summed E-state index contributed by atoms with van der Waals surface area (Å²) in [6.45, 7) is 0. The third-order valence-corrected chi connectivity index (χ3v) is 2.96. The molecule has 1 aromatic carbocycles. The maximum atomic E-state index is 11.3. The second-order valence-electron chi connectivity index (χ2n) is 3.63. The zero-order chi connectivity index (χ0) is 13.3. The zero-order valence-electron chi connectivity index (χ0n) is 8.91. The van der Waals surface area contributed by atoms with Gasteiger partial charge in [-0.1, -0.05) is 29.3 Å². The van der Waals surface area contributed by atoms with Crippen molar-refractivity contribution in [3.63, 3.8) is 0 Å². The number of carbonyl (C=O) groups is 2. The molecule has 94 valence electrons. The van der Waals surface area contributed by atoms with E-state index in [4.69, 9.17) is 28.3 Å². The minimum Gasteiger partial charge on any atom is -0.477 e. The van der Waals surface area contributed by atoms with Crippen LogP contribution in [0.5, 0.6) is 0 Å². The number of hydrogen-bond acceptors (Lipinski definition) is 2. The Morgan fingerprint density at radius 1 is 1.33 bits per heavy atom. The minimum atomic E-state index is -1.21. The number of hydrogen-bond donors (Lipinski definition) is 3. The number of urea groups is 1. The van der Waals surface area contributed by atoms with E-state index in [0.717, 1.165) is 0 Å². The quantitative estimate of drug-likeness (QED) is 0.781. The van der Waals surface area contributed by atoms with Gasteiger partial charge in [-0.25, -0.2) is 9.59 Å². The maximum Gasteiger partial charge on any atom is 0.352 e. The van der Waals surface area contributed by atoms with E-state index in [2.05, 4.69) is 10.6 Å². The molecule has 1 aliphatic heterocycles. The first-order valence-electron chi connectivity index (χ1n) is 4.95. The smallest absolute Gasteiger partial charge is 0.352 e. The van der Waals surface area contributed by atoms with Gasteiger partial charge < -0.3 is 15.7 Å². The predicted octanol–water partition coefficient (Wildman–Crippen LogP) is 2.32. The molecule has 0 spiro atoms. The van der Waals surface area contributed by atoms with E-state index in [9.17, 15) is 9.59 Å². The molecule has 1 atom stereocenters. The summed E-state index contributed by atoms with van der Waals surface area (Å²) in [7, 11) is 0. The summed E-state index contributed by atoms with van der Waals surface area (Å²) >= 11 is 11.8. The molecule has 7 heteroatoms. The average Bonchev–Trinajstić information content (AvgIpc) is 2.27. The van der Waals surface area contributed by atoms with Crippen LogP contribution in [0.15, 0.2) is 30.0 Å². The summed E-state index contributed by atoms with van der Waals surface area (Å²) in [6, 6.07) is 3.59. The molecule has 0 saturated carbocycles. The second kappa shape index (κ2) is 4.88. The van der Waals surface area contributed by atoms with Crippen molar-refractivity contribution in [3.05, 3.63) is 45.6 Å². The highest BCUT2D eigenvalue weighted by Gasteiger charge is 2.24. The first kappa shape index (κ1) is 12.7. The van der Waals surface area contributed by atoms with Crippen LogP contribution in [-0.2, 0) is 4.79 Å². The molecule has 2 rings (SSSR count). The molecule has 2 amide bonds. The standard InChI is InChI=1S/C11H8Cl2N2O3/c12-5-1-2-6(7(13)3-5)8-4-9(10(16)17)15-11(18)14-8/h1-4,8H,(H,16,17)(H2,14,15,18). The molecule has 1 aromatic rings.